The predicted molar refractivity (Wildman–Crippen MR) is 108 cm³/mol. The minimum absolute atomic E-state index is 0.154. The Morgan fingerprint density at radius 2 is 1.96 bits per heavy atom. The number of methoxy groups -OCH3 is 3. The van der Waals surface area contributed by atoms with E-state index in [9.17, 15) is 4.79 Å². The molecule has 0 aliphatic carbocycles. The highest BCUT2D eigenvalue weighted by molar-refractivity contribution is 8.23. The van der Waals surface area contributed by atoms with Crippen molar-refractivity contribution in [1.29, 1.82) is 0 Å². The molecule has 0 unspecified atom stereocenters. The molecule has 2 rings (SSSR count). The summed E-state index contributed by atoms with van der Waals surface area (Å²) in [5.41, 5.74) is 0.715. The number of nitrogens with zero attached hydrogens (tertiary/aromatic N) is 1. The summed E-state index contributed by atoms with van der Waals surface area (Å²) in [5, 5.41) is 0. The van der Waals surface area contributed by atoms with Crippen molar-refractivity contribution in [2.24, 2.45) is 0 Å². The van der Waals surface area contributed by atoms with Crippen molar-refractivity contribution in [2.75, 3.05) is 40.2 Å². The maximum atomic E-state index is 12.3. The van der Waals surface area contributed by atoms with E-state index in [2.05, 4.69) is 0 Å². The second kappa shape index (κ2) is 10.5. The van der Waals surface area contributed by atoms with E-state index in [1.807, 2.05) is 6.92 Å². The molecule has 148 valence electrons. The first-order chi connectivity index (χ1) is 13.0. The van der Waals surface area contributed by atoms with Gasteiger partial charge in [-0.1, -0.05) is 24.0 Å². The van der Waals surface area contributed by atoms with E-state index in [0.29, 0.717) is 40.3 Å². The predicted octanol–water partition coefficient (Wildman–Crippen LogP) is 2.92. The normalized spacial score (nSPS) is 15.3. The molecule has 1 atom stereocenters. The van der Waals surface area contributed by atoms with Crippen LogP contribution in [0, 0.1) is 0 Å². The van der Waals surface area contributed by atoms with Crippen LogP contribution in [0.5, 0.6) is 17.2 Å². The second-order valence-corrected chi connectivity index (χ2v) is 7.02. The molecule has 1 fully saturated rings. The van der Waals surface area contributed by atoms with Crippen LogP contribution in [-0.4, -0.2) is 61.8 Å². The fourth-order valence-electron chi connectivity index (χ4n) is 2.35. The Balaban J connectivity index is 2.24. The number of ether oxygens (including phenoxy) is 5. The van der Waals surface area contributed by atoms with Crippen molar-refractivity contribution in [2.45, 2.75) is 13.4 Å². The molecule has 1 aromatic carbocycles. The van der Waals surface area contributed by atoms with Gasteiger partial charge in [0.15, 0.2) is 11.5 Å². The van der Waals surface area contributed by atoms with E-state index in [1.165, 1.54) is 39.2 Å². The van der Waals surface area contributed by atoms with Gasteiger partial charge in [0.2, 0.25) is 5.75 Å². The molecule has 1 aliphatic heterocycles. The van der Waals surface area contributed by atoms with E-state index < -0.39 is 6.48 Å². The summed E-state index contributed by atoms with van der Waals surface area (Å²) in [6.45, 7) is 1.98. The van der Waals surface area contributed by atoms with Crippen LogP contribution < -0.4 is 14.2 Å². The number of amides is 1. The maximum Gasteiger partial charge on any atom is 0.315 e. The number of hydrogen-bond donors (Lipinski definition) is 0. The number of benzene rings is 1. The molecule has 1 saturated heterocycles. The fraction of sp³-hybridized carbons (Fsp3) is 0.444. The summed E-state index contributed by atoms with van der Waals surface area (Å²) in [5.74, 6) is 1.87. The summed E-state index contributed by atoms with van der Waals surface area (Å²) in [6.07, 6.45) is 3.16. The van der Waals surface area contributed by atoms with Gasteiger partial charge in [-0.15, -0.1) is 0 Å². The van der Waals surface area contributed by atoms with Crippen LogP contribution in [0.4, 0.5) is 0 Å². The van der Waals surface area contributed by atoms with E-state index >= 15 is 0 Å². The average Bonchev–Trinajstić information content (AvgIpc) is 3.11. The van der Waals surface area contributed by atoms with Crippen LogP contribution in [0.15, 0.2) is 18.2 Å². The Labute approximate surface area is 168 Å². The van der Waals surface area contributed by atoms with Gasteiger partial charge in [0.1, 0.15) is 4.32 Å². The van der Waals surface area contributed by atoms with Crippen LogP contribution >= 0.6 is 24.0 Å². The van der Waals surface area contributed by atoms with Crippen LogP contribution in [0.2, 0.25) is 0 Å². The Bertz CT molecular complexity index is 684. The Hall–Kier alpha value is -1.81. The van der Waals surface area contributed by atoms with Crippen molar-refractivity contribution in [1.82, 2.24) is 4.90 Å². The molecule has 0 N–H and O–H groups in total. The lowest BCUT2D eigenvalue weighted by Gasteiger charge is -2.20. The zero-order chi connectivity index (χ0) is 19.8. The van der Waals surface area contributed by atoms with Gasteiger partial charge in [-0.05, 0) is 30.7 Å². The molecule has 0 spiro atoms. The standard InChI is InChI=1S/C18H23NO6S2/c1-5-24-18(23-4)25-16-13(21-2)10-12(11-14(16)22-3)6-7-15(20)19-8-9-27-17(19)26/h6-7,10-11,18H,5,8-9H2,1-4H3/b7-6+/t18-/m0/s1. The monoisotopic (exact) mass is 413 g/mol. The third-order valence-electron chi connectivity index (χ3n) is 3.64. The highest BCUT2D eigenvalue weighted by atomic mass is 32.2. The quantitative estimate of drug-likeness (QED) is 0.348. The number of carbonyl (C=O) groups is 1. The number of rotatable bonds is 9. The van der Waals surface area contributed by atoms with Crippen molar-refractivity contribution in [3.05, 3.63) is 23.8 Å². The SMILES string of the molecule is CCO[C@H](OC)Oc1c(OC)cc(/C=C/C(=O)N2CCSC2=S)cc1OC. The maximum absolute atomic E-state index is 12.3. The molecule has 27 heavy (non-hydrogen) atoms. The van der Waals surface area contributed by atoms with E-state index in [1.54, 1.807) is 23.1 Å². The first kappa shape index (κ1) is 21.5. The molecule has 1 amide bonds. The number of carbonyl (C=O) groups excluding carboxylic acids is 1. The van der Waals surface area contributed by atoms with Crippen molar-refractivity contribution < 1.29 is 28.5 Å². The number of thioether (sulfide) groups is 1. The molecule has 0 aromatic heterocycles. The molecular formula is C18H23NO6S2. The molecule has 9 heteroatoms. The average molecular weight is 414 g/mol. The summed E-state index contributed by atoms with van der Waals surface area (Å²) in [6, 6.07) is 3.47. The Kier molecular flexibility index (Phi) is 8.36. The zero-order valence-electron chi connectivity index (χ0n) is 15.7. The van der Waals surface area contributed by atoms with Crippen molar-refractivity contribution in [3.63, 3.8) is 0 Å². The molecule has 1 heterocycles. The van der Waals surface area contributed by atoms with Crippen LogP contribution in [-0.2, 0) is 14.3 Å². The lowest BCUT2D eigenvalue weighted by Crippen LogP contribution is -2.28. The van der Waals surface area contributed by atoms with E-state index in [4.69, 9.17) is 35.9 Å². The van der Waals surface area contributed by atoms with Gasteiger partial charge in [0, 0.05) is 25.5 Å². The topological polar surface area (TPSA) is 66.5 Å². The lowest BCUT2D eigenvalue weighted by atomic mass is 10.1. The lowest BCUT2D eigenvalue weighted by molar-refractivity contribution is -0.231. The van der Waals surface area contributed by atoms with Crippen molar-refractivity contribution in [3.8, 4) is 17.2 Å². The fourth-order valence-corrected chi connectivity index (χ4v) is 3.56. The van der Waals surface area contributed by atoms with Gasteiger partial charge < -0.3 is 23.7 Å². The molecule has 0 radical (unpaired) electrons. The minimum Gasteiger partial charge on any atom is -0.493 e. The third kappa shape index (κ3) is 5.58. The highest BCUT2D eigenvalue weighted by Gasteiger charge is 2.22. The molecule has 1 aliphatic rings. The van der Waals surface area contributed by atoms with Gasteiger partial charge in [-0.2, -0.15) is 0 Å². The van der Waals surface area contributed by atoms with Crippen LogP contribution in [0.3, 0.4) is 0 Å². The minimum atomic E-state index is -0.894. The van der Waals surface area contributed by atoms with E-state index in [-0.39, 0.29) is 5.91 Å². The second-order valence-electron chi connectivity index (χ2n) is 5.29. The van der Waals surface area contributed by atoms with Gasteiger partial charge in [-0.25, -0.2) is 0 Å². The Morgan fingerprint density at radius 3 is 2.44 bits per heavy atom. The van der Waals surface area contributed by atoms with Gasteiger partial charge >= 0.3 is 6.48 Å². The molecule has 7 nitrogen and oxygen atoms in total. The van der Waals surface area contributed by atoms with Gasteiger partial charge in [0.25, 0.3) is 5.91 Å². The Morgan fingerprint density at radius 1 is 1.30 bits per heavy atom. The largest absolute Gasteiger partial charge is 0.493 e. The zero-order valence-corrected chi connectivity index (χ0v) is 17.4. The van der Waals surface area contributed by atoms with Crippen LogP contribution in [0.25, 0.3) is 6.08 Å². The molecule has 0 bridgehead atoms. The molecular weight excluding hydrogens is 390 g/mol. The summed E-state index contributed by atoms with van der Waals surface area (Å²) in [7, 11) is 4.51. The third-order valence-corrected chi connectivity index (χ3v) is 5.07. The molecule has 0 saturated carbocycles. The van der Waals surface area contributed by atoms with Crippen molar-refractivity contribution >= 4 is 40.3 Å². The van der Waals surface area contributed by atoms with Gasteiger partial charge in [0.05, 0.1) is 20.8 Å². The first-order valence-corrected chi connectivity index (χ1v) is 9.66. The first-order valence-electron chi connectivity index (χ1n) is 8.27. The number of hydrogen-bond acceptors (Lipinski definition) is 8. The summed E-state index contributed by atoms with van der Waals surface area (Å²) < 4.78 is 27.6. The van der Waals surface area contributed by atoms with Gasteiger partial charge in [-0.3, -0.25) is 9.69 Å². The van der Waals surface area contributed by atoms with Crippen LogP contribution in [0.1, 0.15) is 12.5 Å². The highest BCUT2D eigenvalue weighted by Crippen LogP contribution is 2.39. The van der Waals surface area contributed by atoms with E-state index in [0.717, 1.165) is 5.75 Å². The summed E-state index contributed by atoms with van der Waals surface area (Å²) in [4.78, 5) is 13.9. The smallest absolute Gasteiger partial charge is 0.315 e. The summed E-state index contributed by atoms with van der Waals surface area (Å²) >= 11 is 6.67. The number of thiocarbonyl (C=S) groups is 1. The molecule has 1 aromatic rings.